The van der Waals surface area contributed by atoms with E-state index in [4.69, 9.17) is 4.74 Å². The fourth-order valence-corrected chi connectivity index (χ4v) is 1.58. The molecule has 2 rings (SSSR count). The van der Waals surface area contributed by atoms with Gasteiger partial charge < -0.3 is 4.74 Å². The molecule has 0 bridgehead atoms. The average Bonchev–Trinajstić information content (AvgIpc) is 2.39. The minimum Gasteiger partial charge on any atom is -0.456 e. The summed E-state index contributed by atoms with van der Waals surface area (Å²) in [6, 6.07) is 11.8. The highest BCUT2D eigenvalue weighted by Gasteiger charge is 1.97. The van der Waals surface area contributed by atoms with E-state index in [0.29, 0.717) is 13.0 Å². The SMILES string of the molecule is CCOC(=O)C#CCc1ccc2ccccc2n1. The number of carbonyl (C=O) groups is 1. The number of benzene rings is 1. The van der Waals surface area contributed by atoms with Crippen LogP contribution in [-0.4, -0.2) is 17.6 Å². The zero-order valence-corrected chi connectivity index (χ0v) is 10.1. The highest BCUT2D eigenvalue weighted by Crippen LogP contribution is 2.11. The van der Waals surface area contributed by atoms with Crippen molar-refractivity contribution in [2.45, 2.75) is 13.3 Å². The van der Waals surface area contributed by atoms with Crippen molar-refractivity contribution in [1.82, 2.24) is 4.98 Å². The summed E-state index contributed by atoms with van der Waals surface area (Å²) in [5.74, 6) is 4.71. The molecule has 90 valence electrons. The molecular formula is C15H13NO2. The third-order valence-corrected chi connectivity index (χ3v) is 2.39. The van der Waals surface area contributed by atoms with Crippen molar-refractivity contribution in [2.24, 2.45) is 0 Å². The molecule has 3 nitrogen and oxygen atoms in total. The molecule has 1 aromatic heterocycles. The van der Waals surface area contributed by atoms with Gasteiger partial charge in [0.1, 0.15) is 0 Å². The van der Waals surface area contributed by atoms with Crippen molar-refractivity contribution in [2.75, 3.05) is 6.61 Å². The molecule has 0 unspecified atom stereocenters. The van der Waals surface area contributed by atoms with E-state index in [1.165, 1.54) is 0 Å². The number of hydrogen-bond acceptors (Lipinski definition) is 3. The molecule has 0 spiro atoms. The van der Waals surface area contributed by atoms with Gasteiger partial charge in [0.15, 0.2) is 0 Å². The van der Waals surface area contributed by atoms with Gasteiger partial charge in [-0.25, -0.2) is 4.79 Å². The van der Waals surface area contributed by atoms with Gasteiger partial charge in [-0.05, 0) is 19.1 Å². The van der Waals surface area contributed by atoms with E-state index >= 15 is 0 Å². The summed E-state index contributed by atoms with van der Waals surface area (Å²) in [6.07, 6.45) is 0.448. The zero-order chi connectivity index (χ0) is 12.8. The first kappa shape index (κ1) is 12.1. The highest BCUT2D eigenvalue weighted by atomic mass is 16.5. The largest absolute Gasteiger partial charge is 0.456 e. The number of rotatable bonds is 2. The first-order valence-electron chi connectivity index (χ1n) is 5.80. The molecule has 0 N–H and O–H groups in total. The van der Waals surface area contributed by atoms with Crippen molar-refractivity contribution in [1.29, 1.82) is 0 Å². The van der Waals surface area contributed by atoms with Gasteiger partial charge in [0.05, 0.1) is 24.2 Å². The van der Waals surface area contributed by atoms with Crippen LogP contribution in [0.2, 0.25) is 0 Å². The number of aromatic nitrogens is 1. The summed E-state index contributed by atoms with van der Waals surface area (Å²) in [4.78, 5) is 15.5. The topological polar surface area (TPSA) is 39.2 Å². The van der Waals surface area contributed by atoms with Crippen molar-refractivity contribution < 1.29 is 9.53 Å². The van der Waals surface area contributed by atoms with Crippen LogP contribution in [0, 0.1) is 11.8 Å². The Kier molecular flexibility index (Phi) is 3.93. The van der Waals surface area contributed by atoms with Crippen LogP contribution in [0.4, 0.5) is 0 Å². The molecule has 0 aliphatic heterocycles. The summed E-state index contributed by atoms with van der Waals surface area (Å²) in [5, 5.41) is 1.10. The lowest BCUT2D eigenvalue weighted by Crippen LogP contribution is -1.99. The summed E-state index contributed by atoms with van der Waals surface area (Å²) in [6.45, 7) is 2.10. The summed E-state index contributed by atoms with van der Waals surface area (Å²) in [7, 11) is 0. The summed E-state index contributed by atoms with van der Waals surface area (Å²) in [5.41, 5.74) is 1.79. The van der Waals surface area contributed by atoms with E-state index in [2.05, 4.69) is 16.8 Å². The molecule has 2 aromatic rings. The molecule has 1 heterocycles. The molecule has 0 aliphatic rings. The maximum atomic E-state index is 11.0. The van der Waals surface area contributed by atoms with Crippen LogP contribution < -0.4 is 0 Å². The Morgan fingerprint density at radius 1 is 1.28 bits per heavy atom. The molecule has 3 heteroatoms. The monoisotopic (exact) mass is 239 g/mol. The predicted octanol–water partition coefficient (Wildman–Crippen LogP) is 2.34. The lowest BCUT2D eigenvalue weighted by molar-refractivity contribution is -0.136. The van der Waals surface area contributed by atoms with Crippen LogP contribution in [0.3, 0.4) is 0 Å². The van der Waals surface area contributed by atoms with E-state index in [9.17, 15) is 4.79 Å². The van der Waals surface area contributed by atoms with Crippen LogP contribution in [0.1, 0.15) is 12.6 Å². The van der Waals surface area contributed by atoms with E-state index in [-0.39, 0.29) is 0 Å². The smallest absolute Gasteiger partial charge is 0.384 e. The Labute approximate surface area is 106 Å². The molecule has 0 radical (unpaired) electrons. The van der Waals surface area contributed by atoms with E-state index in [1.54, 1.807) is 6.92 Å². The second-order valence-corrected chi connectivity index (χ2v) is 3.69. The Balaban J connectivity index is 2.10. The predicted molar refractivity (Wildman–Crippen MR) is 69.9 cm³/mol. The number of carbonyl (C=O) groups excluding carboxylic acids is 1. The molecule has 0 saturated carbocycles. The molecule has 18 heavy (non-hydrogen) atoms. The number of fused-ring (bicyclic) bond motifs is 1. The minimum atomic E-state index is -0.488. The van der Waals surface area contributed by atoms with Gasteiger partial charge in [-0.15, -0.1) is 0 Å². The van der Waals surface area contributed by atoms with Crippen LogP contribution >= 0.6 is 0 Å². The third kappa shape index (κ3) is 3.08. The molecule has 0 amide bonds. The van der Waals surface area contributed by atoms with Gasteiger partial charge in [0.25, 0.3) is 0 Å². The van der Waals surface area contributed by atoms with Crippen molar-refractivity contribution in [3.63, 3.8) is 0 Å². The summed E-state index contributed by atoms with van der Waals surface area (Å²) < 4.78 is 4.72. The third-order valence-electron chi connectivity index (χ3n) is 2.39. The average molecular weight is 239 g/mol. The van der Waals surface area contributed by atoms with E-state index in [1.807, 2.05) is 36.4 Å². The van der Waals surface area contributed by atoms with Gasteiger partial charge in [-0.2, -0.15) is 0 Å². The first-order valence-corrected chi connectivity index (χ1v) is 5.80. The van der Waals surface area contributed by atoms with Crippen LogP contribution in [0.25, 0.3) is 10.9 Å². The van der Waals surface area contributed by atoms with Gasteiger partial charge in [-0.1, -0.05) is 30.2 Å². The molecule has 0 atom stereocenters. The number of hydrogen-bond donors (Lipinski definition) is 0. The Hall–Kier alpha value is -2.34. The lowest BCUT2D eigenvalue weighted by Gasteiger charge is -1.98. The van der Waals surface area contributed by atoms with Gasteiger partial charge in [-0.3, -0.25) is 4.98 Å². The molecule has 0 fully saturated rings. The second kappa shape index (κ2) is 5.83. The van der Waals surface area contributed by atoms with Crippen molar-refractivity contribution in [3.8, 4) is 11.8 Å². The number of ether oxygens (including phenoxy) is 1. The Morgan fingerprint density at radius 3 is 2.94 bits per heavy atom. The Bertz CT molecular complexity index is 623. The Morgan fingerprint density at radius 2 is 2.11 bits per heavy atom. The van der Waals surface area contributed by atoms with Crippen molar-refractivity contribution in [3.05, 3.63) is 42.1 Å². The fourth-order valence-electron chi connectivity index (χ4n) is 1.58. The van der Waals surface area contributed by atoms with Gasteiger partial charge in [0, 0.05) is 11.3 Å². The van der Waals surface area contributed by atoms with Gasteiger partial charge >= 0.3 is 5.97 Å². The number of pyridine rings is 1. The van der Waals surface area contributed by atoms with Crippen LogP contribution in [0.15, 0.2) is 36.4 Å². The van der Waals surface area contributed by atoms with Crippen molar-refractivity contribution >= 4 is 16.9 Å². The van der Waals surface area contributed by atoms with E-state index < -0.39 is 5.97 Å². The zero-order valence-electron chi connectivity index (χ0n) is 10.1. The quantitative estimate of drug-likeness (QED) is 0.459. The standard InChI is InChI=1S/C15H13NO2/c1-2-18-15(17)9-5-7-13-11-10-12-6-3-4-8-14(12)16-13/h3-4,6,8,10-11H,2,7H2,1H3. The maximum absolute atomic E-state index is 11.0. The first-order chi connectivity index (χ1) is 8.79. The summed E-state index contributed by atoms with van der Waals surface area (Å²) >= 11 is 0. The normalized spacial score (nSPS) is 9.61. The van der Waals surface area contributed by atoms with E-state index in [0.717, 1.165) is 16.6 Å². The molecular weight excluding hydrogens is 226 g/mol. The lowest BCUT2D eigenvalue weighted by atomic mass is 10.2. The molecule has 1 aromatic carbocycles. The highest BCUT2D eigenvalue weighted by molar-refractivity contribution is 5.88. The van der Waals surface area contributed by atoms with Crippen LogP contribution in [-0.2, 0) is 16.0 Å². The minimum absolute atomic E-state index is 0.349. The number of esters is 1. The molecule has 0 saturated heterocycles. The number of nitrogens with zero attached hydrogens (tertiary/aromatic N) is 1. The maximum Gasteiger partial charge on any atom is 0.384 e. The number of para-hydroxylation sites is 1. The van der Waals surface area contributed by atoms with Gasteiger partial charge in [0.2, 0.25) is 0 Å². The fraction of sp³-hybridized carbons (Fsp3) is 0.200. The second-order valence-electron chi connectivity index (χ2n) is 3.69. The van der Waals surface area contributed by atoms with Crippen LogP contribution in [0.5, 0.6) is 0 Å². The molecule has 0 aliphatic carbocycles.